The van der Waals surface area contributed by atoms with Crippen LogP contribution >= 0.6 is 11.3 Å². The molecule has 106 valence electrons. The predicted octanol–water partition coefficient (Wildman–Crippen LogP) is 3.45. The first kappa shape index (κ1) is 14.5. The molecule has 0 atom stereocenters. The third-order valence-corrected chi connectivity index (χ3v) is 3.87. The van der Waals surface area contributed by atoms with Gasteiger partial charge in [-0.15, -0.1) is 11.3 Å². The Bertz CT molecular complexity index is 634. The molecule has 2 aromatic rings. The van der Waals surface area contributed by atoms with Gasteiger partial charge in [-0.1, -0.05) is 0 Å². The van der Waals surface area contributed by atoms with Crippen LogP contribution < -0.4 is 4.74 Å². The van der Waals surface area contributed by atoms with Crippen LogP contribution in [0.25, 0.3) is 11.3 Å². The van der Waals surface area contributed by atoms with Crippen LogP contribution in [0.15, 0.2) is 17.5 Å². The van der Waals surface area contributed by atoms with E-state index < -0.39 is 5.97 Å². The smallest absolute Gasteiger partial charge is 0.310 e. The van der Waals surface area contributed by atoms with E-state index in [2.05, 4.69) is 4.98 Å². The molecule has 0 saturated carbocycles. The first-order valence-corrected chi connectivity index (χ1v) is 7.29. The van der Waals surface area contributed by atoms with Gasteiger partial charge in [0.15, 0.2) is 0 Å². The third-order valence-electron chi connectivity index (χ3n) is 3.03. The molecular weight excluding hydrogens is 274 g/mol. The molecular formula is C15H17NO3S. The number of hydrogen-bond donors (Lipinski definition) is 1. The number of rotatable bonds is 5. The molecule has 0 aliphatic heterocycles. The highest BCUT2D eigenvalue weighted by Crippen LogP contribution is 2.33. The lowest BCUT2D eigenvalue weighted by Gasteiger charge is -2.11. The fraction of sp³-hybridized carbons (Fsp3) is 0.333. The number of thiazole rings is 1. The molecule has 1 heterocycles. The molecule has 0 fully saturated rings. The maximum Gasteiger partial charge on any atom is 0.310 e. The van der Waals surface area contributed by atoms with Gasteiger partial charge in [-0.25, -0.2) is 4.98 Å². The molecule has 2 rings (SSSR count). The van der Waals surface area contributed by atoms with Crippen molar-refractivity contribution in [2.24, 2.45) is 0 Å². The fourth-order valence-electron chi connectivity index (χ4n) is 1.91. The molecule has 5 heteroatoms. The number of nitrogens with zero attached hydrogens (tertiary/aromatic N) is 1. The lowest BCUT2D eigenvalue weighted by Crippen LogP contribution is -2.00. The quantitative estimate of drug-likeness (QED) is 0.916. The van der Waals surface area contributed by atoms with Gasteiger partial charge in [0.2, 0.25) is 0 Å². The molecule has 1 N–H and O–H groups in total. The largest absolute Gasteiger partial charge is 0.493 e. The monoisotopic (exact) mass is 291 g/mol. The molecule has 0 aliphatic carbocycles. The number of aliphatic carboxylic acids is 1. The highest BCUT2D eigenvalue weighted by atomic mass is 32.1. The number of carboxylic acid groups (broad SMARTS) is 1. The Morgan fingerprint density at radius 1 is 1.35 bits per heavy atom. The third kappa shape index (κ3) is 3.17. The number of ether oxygens (including phenoxy) is 1. The van der Waals surface area contributed by atoms with Gasteiger partial charge < -0.3 is 9.84 Å². The molecule has 20 heavy (non-hydrogen) atoms. The average Bonchev–Trinajstić information content (AvgIpc) is 2.81. The van der Waals surface area contributed by atoms with Crippen molar-refractivity contribution >= 4 is 17.3 Å². The molecule has 0 radical (unpaired) electrons. The van der Waals surface area contributed by atoms with E-state index in [0.29, 0.717) is 11.6 Å². The summed E-state index contributed by atoms with van der Waals surface area (Å²) in [7, 11) is 0. The molecule has 0 spiro atoms. The van der Waals surface area contributed by atoms with Crippen molar-refractivity contribution in [2.45, 2.75) is 27.2 Å². The first-order valence-electron chi connectivity index (χ1n) is 6.42. The van der Waals surface area contributed by atoms with Crippen LogP contribution in [0.3, 0.4) is 0 Å². The summed E-state index contributed by atoms with van der Waals surface area (Å²) < 4.78 is 5.67. The molecule has 4 nitrogen and oxygen atoms in total. The van der Waals surface area contributed by atoms with E-state index in [1.54, 1.807) is 0 Å². The Morgan fingerprint density at radius 3 is 2.70 bits per heavy atom. The Morgan fingerprint density at radius 2 is 2.05 bits per heavy atom. The Hall–Kier alpha value is -1.88. The van der Waals surface area contributed by atoms with Crippen molar-refractivity contribution in [2.75, 3.05) is 6.61 Å². The van der Waals surface area contributed by atoms with Crippen LogP contribution in [-0.4, -0.2) is 22.7 Å². The average molecular weight is 291 g/mol. The van der Waals surface area contributed by atoms with Crippen molar-refractivity contribution in [3.8, 4) is 17.0 Å². The number of carboxylic acids is 1. The summed E-state index contributed by atoms with van der Waals surface area (Å²) in [6.45, 7) is 6.61. The lowest BCUT2D eigenvalue weighted by atomic mass is 10.0. The van der Waals surface area contributed by atoms with Gasteiger partial charge in [-0.05, 0) is 44.0 Å². The topological polar surface area (TPSA) is 59.4 Å². The maximum atomic E-state index is 10.7. The summed E-state index contributed by atoms with van der Waals surface area (Å²) in [6.07, 6.45) is -0.0422. The van der Waals surface area contributed by atoms with E-state index >= 15 is 0 Å². The zero-order chi connectivity index (χ0) is 14.7. The Kier molecular flexibility index (Phi) is 4.39. The number of carbonyl (C=O) groups is 1. The summed E-state index contributed by atoms with van der Waals surface area (Å²) in [5.41, 5.74) is 4.02. The second-order valence-electron chi connectivity index (χ2n) is 4.56. The Balaban J connectivity index is 2.42. The van der Waals surface area contributed by atoms with E-state index in [0.717, 1.165) is 28.1 Å². The summed E-state index contributed by atoms with van der Waals surface area (Å²) in [5, 5.41) is 11.3. The van der Waals surface area contributed by atoms with E-state index in [9.17, 15) is 4.79 Å². The van der Waals surface area contributed by atoms with Crippen molar-refractivity contribution in [1.82, 2.24) is 4.98 Å². The van der Waals surface area contributed by atoms with Gasteiger partial charge in [0.05, 0.1) is 18.7 Å². The highest BCUT2D eigenvalue weighted by molar-refractivity contribution is 7.10. The van der Waals surface area contributed by atoms with Gasteiger partial charge in [0.25, 0.3) is 0 Å². The number of hydrogen-bond acceptors (Lipinski definition) is 4. The van der Waals surface area contributed by atoms with E-state index in [-0.39, 0.29) is 6.42 Å². The van der Waals surface area contributed by atoms with Gasteiger partial charge in [-0.3, -0.25) is 4.79 Å². The maximum absolute atomic E-state index is 10.7. The SMILES string of the molecule is CCOc1cc(C)c(C)cc1-c1csc(CC(=O)O)n1. The summed E-state index contributed by atoms with van der Waals surface area (Å²) in [5.74, 6) is -0.0706. The molecule has 0 bridgehead atoms. The molecule has 0 saturated heterocycles. The van der Waals surface area contributed by atoms with Crippen molar-refractivity contribution in [1.29, 1.82) is 0 Å². The van der Waals surface area contributed by atoms with Crippen molar-refractivity contribution < 1.29 is 14.6 Å². The zero-order valence-electron chi connectivity index (χ0n) is 11.8. The minimum atomic E-state index is -0.865. The molecule has 0 unspecified atom stereocenters. The number of aromatic nitrogens is 1. The van der Waals surface area contributed by atoms with Crippen LogP contribution in [0.2, 0.25) is 0 Å². The zero-order valence-corrected chi connectivity index (χ0v) is 12.6. The van der Waals surface area contributed by atoms with E-state index in [1.165, 1.54) is 11.3 Å². The predicted molar refractivity (Wildman–Crippen MR) is 79.5 cm³/mol. The van der Waals surface area contributed by atoms with Gasteiger partial charge in [-0.2, -0.15) is 0 Å². The lowest BCUT2D eigenvalue weighted by molar-refractivity contribution is -0.136. The minimum absolute atomic E-state index is 0.0422. The normalized spacial score (nSPS) is 10.6. The van der Waals surface area contributed by atoms with Crippen molar-refractivity contribution in [3.63, 3.8) is 0 Å². The minimum Gasteiger partial charge on any atom is -0.493 e. The first-order chi connectivity index (χ1) is 9.51. The van der Waals surface area contributed by atoms with Crippen LogP contribution in [-0.2, 0) is 11.2 Å². The van der Waals surface area contributed by atoms with E-state index in [1.807, 2.05) is 38.3 Å². The fourth-order valence-corrected chi connectivity index (χ4v) is 2.70. The van der Waals surface area contributed by atoms with Crippen LogP contribution in [0.5, 0.6) is 5.75 Å². The summed E-state index contributed by atoms with van der Waals surface area (Å²) in [4.78, 5) is 15.1. The molecule has 0 aliphatic rings. The second-order valence-corrected chi connectivity index (χ2v) is 5.51. The molecule has 0 amide bonds. The molecule has 1 aromatic heterocycles. The van der Waals surface area contributed by atoms with Crippen LogP contribution in [0, 0.1) is 13.8 Å². The van der Waals surface area contributed by atoms with Crippen LogP contribution in [0.4, 0.5) is 0 Å². The standard InChI is InChI=1S/C15H17NO3S/c1-4-19-13-6-10(3)9(2)5-11(13)12-8-20-14(16-12)7-15(17)18/h5-6,8H,4,7H2,1-3H3,(H,17,18). The summed E-state index contributed by atoms with van der Waals surface area (Å²) >= 11 is 1.36. The second kappa shape index (κ2) is 6.05. The summed E-state index contributed by atoms with van der Waals surface area (Å²) in [6, 6.07) is 4.05. The highest BCUT2D eigenvalue weighted by Gasteiger charge is 2.13. The van der Waals surface area contributed by atoms with Crippen LogP contribution in [0.1, 0.15) is 23.1 Å². The Labute approximate surface area is 122 Å². The van der Waals surface area contributed by atoms with Crippen molar-refractivity contribution in [3.05, 3.63) is 33.6 Å². The molecule has 1 aromatic carbocycles. The number of aryl methyl sites for hydroxylation is 2. The van der Waals surface area contributed by atoms with Gasteiger partial charge >= 0.3 is 5.97 Å². The van der Waals surface area contributed by atoms with Gasteiger partial charge in [0.1, 0.15) is 10.8 Å². The van der Waals surface area contributed by atoms with E-state index in [4.69, 9.17) is 9.84 Å². The number of benzene rings is 1. The van der Waals surface area contributed by atoms with Gasteiger partial charge in [0, 0.05) is 10.9 Å².